The quantitative estimate of drug-likeness (QED) is 0.884. The number of nitrogens with one attached hydrogen (secondary N) is 1. The SMILES string of the molecule is Cc1ccc2c(c1)CC(CNC(C)C(C)(C)C)O2. The van der Waals surface area contributed by atoms with Gasteiger partial charge in [0.15, 0.2) is 0 Å². The van der Waals surface area contributed by atoms with Crippen LogP contribution in [0.25, 0.3) is 0 Å². The highest BCUT2D eigenvalue weighted by Gasteiger charge is 2.25. The van der Waals surface area contributed by atoms with Gasteiger partial charge in [0.1, 0.15) is 11.9 Å². The third-order valence-electron chi connectivity index (χ3n) is 3.91. The van der Waals surface area contributed by atoms with Crippen LogP contribution in [0.3, 0.4) is 0 Å². The largest absolute Gasteiger partial charge is 0.488 e. The number of hydrogen-bond donors (Lipinski definition) is 1. The molecule has 1 aromatic carbocycles. The average Bonchev–Trinajstić information content (AvgIpc) is 2.66. The van der Waals surface area contributed by atoms with Gasteiger partial charge in [0.25, 0.3) is 0 Å². The second-order valence-electron chi connectivity index (χ2n) is 6.55. The summed E-state index contributed by atoms with van der Waals surface area (Å²) in [6.45, 7) is 12.1. The minimum Gasteiger partial charge on any atom is -0.488 e. The molecule has 2 unspecified atom stereocenters. The molecule has 0 aromatic heterocycles. The van der Waals surface area contributed by atoms with E-state index in [0.29, 0.717) is 11.5 Å². The Balaban J connectivity index is 1.89. The molecule has 1 aliphatic rings. The number of aryl methyl sites for hydroxylation is 1. The summed E-state index contributed by atoms with van der Waals surface area (Å²) in [5, 5.41) is 3.59. The molecule has 2 heteroatoms. The monoisotopic (exact) mass is 247 g/mol. The third kappa shape index (κ3) is 3.05. The predicted octanol–water partition coefficient (Wildman–Crippen LogP) is 3.32. The molecule has 1 aromatic rings. The molecule has 0 fully saturated rings. The molecule has 0 spiro atoms. The molecule has 2 atom stereocenters. The molecule has 100 valence electrons. The molecule has 0 saturated heterocycles. The van der Waals surface area contributed by atoms with Gasteiger partial charge in [0, 0.05) is 19.0 Å². The highest BCUT2D eigenvalue weighted by Crippen LogP contribution is 2.29. The fourth-order valence-electron chi connectivity index (χ4n) is 2.18. The van der Waals surface area contributed by atoms with Crippen LogP contribution in [0, 0.1) is 12.3 Å². The Morgan fingerprint density at radius 3 is 2.78 bits per heavy atom. The summed E-state index contributed by atoms with van der Waals surface area (Å²) in [5.74, 6) is 1.07. The number of rotatable bonds is 3. The third-order valence-corrected chi connectivity index (χ3v) is 3.91. The molecule has 0 saturated carbocycles. The lowest BCUT2D eigenvalue weighted by atomic mass is 9.88. The maximum atomic E-state index is 5.96. The minimum atomic E-state index is 0.284. The van der Waals surface area contributed by atoms with Gasteiger partial charge in [-0.2, -0.15) is 0 Å². The zero-order valence-electron chi connectivity index (χ0n) is 12.2. The van der Waals surface area contributed by atoms with Crippen molar-refractivity contribution in [2.24, 2.45) is 5.41 Å². The smallest absolute Gasteiger partial charge is 0.123 e. The number of fused-ring (bicyclic) bond motifs is 1. The summed E-state index contributed by atoms with van der Waals surface area (Å²) in [6.07, 6.45) is 1.31. The lowest BCUT2D eigenvalue weighted by Gasteiger charge is -2.29. The van der Waals surface area contributed by atoms with Crippen LogP contribution in [0.15, 0.2) is 18.2 Å². The number of ether oxygens (including phenoxy) is 1. The van der Waals surface area contributed by atoms with Crippen LogP contribution in [0.1, 0.15) is 38.8 Å². The number of benzene rings is 1. The summed E-state index contributed by atoms with van der Waals surface area (Å²) < 4.78 is 5.96. The summed E-state index contributed by atoms with van der Waals surface area (Å²) in [6, 6.07) is 6.94. The molecule has 1 N–H and O–H groups in total. The molecule has 2 nitrogen and oxygen atoms in total. The Labute approximate surface area is 111 Å². The molecular weight excluding hydrogens is 222 g/mol. The lowest BCUT2D eigenvalue weighted by Crippen LogP contribution is -2.42. The van der Waals surface area contributed by atoms with E-state index in [2.05, 4.69) is 58.1 Å². The van der Waals surface area contributed by atoms with Crippen LogP contribution >= 0.6 is 0 Å². The van der Waals surface area contributed by atoms with Gasteiger partial charge in [-0.1, -0.05) is 38.5 Å². The predicted molar refractivity (Wildman–Crippen MR) is 76.2 cm³/mol. The first-order valence-corrected chi connectivity index (χ1v) is 6.86. The van der Waals surface area contributed by atoms with E-state index in [0.717, 1.165) is 18.7 Å². The van der Waals surface area contributed by atoms with E-state index in [4.69, 9.17) is 4.74 Å². The molecule has 0 radical (unpaired) electrons. The van der Waals surface area contributed by atoms with Gasteiger partial charge in [-0.05, 0) is 30.9 Å². The van der Waals surface area contributed by atoms with E-state index in [1.54, 1.807) is 0 Å². The van der Waals surface area contributed by atoms with E-state index < -0.39 is 0 Å². The van der Waals surface area contributed by atoms with Crippen molar-refractivity contribution in [3.63, 3.8) is 0 Å². The van der Waals surface area contributed by atoms with E-state index in [-0.39, 0.29) is 6.10 Å². The second kappa shape index (κ2) is 4.93. The maximum absolute atomic E-state index is 5.96. The molecule has 18 heavy (non-hydrogen) atoms. The van der Waals surface area contributed by atoms with Gasteiger partial charge in [-0.3, -0.25) is 0 Å². The topological polar surface area (TPSA) is 21.3 Å². The van der Waals surface area contributed by atoms with Gasteiger partial charge in [0.05, 0.1) is 0 Å². The summed E-state index contributed by atoms with van der Waals surface area (Å²) in [4.78, 5) is 0. The van der Waals surface area contributed by atoms with Crippen molar-refractivity contribution in [2.45, 2.75) is 53.2 Å². The van der Waals surface area contributed by atoms with Crippen LogP contribution < -0.4 is 10.1 Å². The highest BCUT2D eigenvalue weighted by molar-refractivity contribution is 5.40. The van der Waals surface area contributed by atoms with Crippen molar-refractivity contribution in [3.8, 4) is 5.75 Å². The van der Waals surface area contributed by atoms with E-state index in [1.807, 2.05) is 0 Å². The fraction of sp³-hybridized carbons (Fsp3) is 0.625. The summed E-state index contributed by atoms with van der Waals surface area (Å²) >= 11 is 0. The molecule has 0 aliphatic carbocycles. The molecule has 0 bridgehead atoms. The first-order chi connectivity index (χ1) is 8.36. The van der Waals surface area contributed by atoms with Crippen molar-refractivity contribution < 1.29 is 4.74 Å². The van der Waals surface area contributed by atoms with Gasteiger partial charge in [-0.25, -0.2) is 0 Å². The van der Waals surface area contributed by atoms with Crippen LogP contribution in [0.4, 0.5) is 0 Å². The number of hydrogen-bond acceptors (Lipinski definition) is 2. The Morgan fingerprint density at radius 1 is 1.39 bits per heavy atom. The van der Waals surface area contributed by atoms with Crippen molar-refractivity contribution >= 4 is 0 Å². The first kappa shape index (κ1) is 13.4. The first-order valence-electron chi connectivity index (χ1n) is 6.86. The molecule has 1 heterocycles. The van der Waals surface area contributed by atoms with Crippen molar-refractivity contribution in [2.75, 3.05) is 6.54 Å². The Morgan fingerprint density at radius 2 is 2.11 bits per heavy atom. The van der Waals surface area contributed by atoms with E-state index in [9.17, 15) is 0 Å². The summed E-state index contributed by atoms with van der Waals surface area (Å²) in [7, 11) is 0. The maximum Gasteiger partial charge on any atom is 0.123 e. The fourth-order valence-corrected chi connectivity index (χ4v) is 2.18. The Hall–Kier alpha value is -1.02. The standard InChI is InChI=1S/C16H25NO/c1-11-6-7-15-13(8-11)9-14(18-15)10-17-12(2)16(3,4)5/h6-8,12,14,17H,9-10H2,1-5H3. The average molecular weight is 247 g/mol. The van der Waals surface area contributed by atoms with Gasteiger partial charge in [0.2, 0.25) is 0 Å². The zero-order chi connectivity index (χ0) is 13.3. The minimum absolute atomic E-state index is 0.284. The van der Waals surface area contributed by atoms with E-state index in [1.165, 1.54) is 11.1 Å². The van der Waals surface area contributed by atoms with Crippen LogP contribution in [0.5, 0.6) is 5.75 Å². The van der Waals surface area contributed by atoms with Gasteiger partial charge in [-0.15, -0.1) is 0 Å². The molecular formula is C16H25NO. The molecule has 0 amide bonds. The second-order valence-corrected chi connectivity index (χ2v) is 6.55. The van der Waals surface area contributed by atoms with Crippen molar-refractivity contribution in [1.29, 1.82) is 0 Å². The van der Waals surface area contributed by atoms with Gasteiger partial charge < -0.3 is 10.1 Å². The molecule has 2 rings (SSSR count). The lowest BCUT2D eigenvalue weighted by molar-refractivity contribution is 0.200. The summed E-state index contributed by atoms with van der Waals surface area (Å²) in [5.41, 5.74) is 2.96. The Bertz CT molecular complexity index is 420. The molecule has 1 aliphatic heterocycles. The zero-order valence-corrected chi connectivity index (χ0v) is 12.2. The van der Waals surface area contributed by atoms with Crippen LogP contribution in [-0.4, -0.2) is 18.7 Å². The van der Waals surface area contributed by atoms with Crippen LogP contribution in [-0.2, 0) is 6.42 Å². The van der Waals surface area contributed by atoms with Crippen LogP contribution in [0.2, 0.25) is 0 Å². The highest BCUT2D eigenvalue weighted by atomic mass is 16.5. The van der Waals surface area contributed by atoms with Gasteiger partial charge >= 0.3 is 0 Å². The van der Waals surface area contributed by atoms with Crippen molar-refractivity contribution in [3.05, 3.63) is 29.3 Å². The van der Waals surface area contributed by atoms with E-state index >= 15 is 0 Å². The van der Waals surface area contributed by atoms with Crippen molar-refractivity contribution in [1.82, 2.24) is 5.32 Å². The Kier molecular flexibility index (Phi) is 3.67. The normalized spacial score (nSPS) is 20.4.